The minimum atomic E-state index is -0.266. The summed E-state index contributed by atoms with van der Waals surface area (Å²) in [5, 5.41) is 6.17. The zero-order valence-electron chi connectivity index (χ0n) is 11.5. The maximum Gasteiger partial charge on any atom is 0.267 e. The summed E-state index contributed by atoms with van der Waals surface area (Å²) >= 11 is 0. The van der Waals surface area contributed by atoms with Gasteiger partial charge in [-0.1, -0.05) is 36.9 Å². The Morgan fingerprint density at radius 1 is 1.40 bits per heavy atom. The van der Waals surface area contributed by atoms with Crippen molar-refractivity contribution in [3.05, 3.63) is 63.5 Å². The number of aliphatic imine (C=N–C) groups is 1. The maximum absolute atomic E-state index is 11.7. The topological polar surface area (TPSA) is 84.1 Å². The van der Waals surface area contributed by atoms with Crippen molar-refractivity contribution < 1.29 is 0 Å². The second-order valence-corrected chi connectivity index (χ2v) is 4.34. The van der Waals surface area contributed by atoms with Crippen LogP contribution < -0.4 is 11.3 Å². The molecular weight excluding hydrogens is 252 g/mol. The summed E-state index contributed by atoms with van der Waals surface area (Å²) in [4.78, 5) is 16.0. The molecule has 0 aliphatic heterocycles. The Labute approximate surface area is 116 Å². The number of hydrogen-bond acceptors (Lipinski definition) is 4. The van der Waals surface area contributed by atoms with Crippen molar-refractivity contribution in [2.45, 2.75) is 6.92 Å². The van der Waals surface area contributed by atoms with E-state index in [1.807, 2.05) is 24.3 Å². The summed E-state index contributed by atoms with van der Waals surface area (Å²) in [7, 11) is 1.66. The van der Waals surface area contributed by atoms with E-state index in [1.54, 1.807) is 20.0 Å². The average molecular weight is 268 g/mol. The highest BCUT2D eigenvalue weighted by Crippen LogP contribution is 2.17. The van der Waals surface area contributed by atoms with Crippen molar-refractivity contribution in [1.82, 2.24) is 10.2 Å². The largest absolute Gasteiger partial charge is 0.382 e. The van der Waals surface area contributed by atoms with E-state index in [9.17, 15) is 4.79 Å². The summed E-state index contributed by atoms with van der Waals surface area (Å²) in [6, 6.07) is 7.69. The summed E-state index contributed by atoms with van der Waals surface area (Å²) in [5.74, 6) is 0.260. The quantitative estimate of drug-likeness (QED) is 0.832. The predicted molar refractivity (Wildman–Crippen MR) is 82.1 cm³/mol. The number of nitrogens with two attached hydrogens (primary N) is 1. The Balaban J connectivity index is 2.61. The van der Waals surface area contributed by atoms with Gasteiger partial charge in [-0.3, -0.25) is 9.79 Å². The van der Waals surface area contributed by atoms with Crippen molar-refractivity contribution in [3.8, 4) is 0 Å². The van der Waals surface area contributed by atoms with Gasteiger partial charge in [0.25, 0.3) is 5.56 Å². The van der Waals surface area contributed by atoms with Gasteiger partial charge in [0.05, 0.1) is 11.3 Å². The third-order valence-electron chi connectivity index (χ3n) is 3.13. The van der Waals surface area contributed by atoms with Gasteiger partial charge in [0, 0.05) is 18.2 Å². The molecule has 3 N–H and O–H groups in total. The first-order valence-electron chi connectivity index (χ1n) is 6.13. The number of aromatic amines is 1. The van der Waals surface area contributed by atoms with E-state index in [4.69, 9.17) is 5.73 Å². The van der Waals surface area contributed by atoms with Gasteiger partial charge in [0.1, 0.15) is 0 Å². The van der Waals surface area contributed by atoms with Crippen LogP contribution in [0.1, 0.15) is 22.3 Å². The Kier molecular flexibility index (Phi) is 3.79. The van der Waals surface area contributed by atoms with Gasteiger partial charge in [-0.25, -0.2) is 5.10 Å². The number of anilines is 1. The van der Waals surface area contributed by atoms with Crippen molar-refractivity contribution in [1.29, 1.82) is 0 Å². The first-order chi connectivity index (χ1) is 9.58. The van der Waals surface area contributed by atoms with E-state index in [-0.39, 0.29) is 11.4 Å². The van der Waals surface area contributed by atoms with Crippen LogP contribution in [0.5, 0.6) is 0 Å². The highest BCUT2D eigenvalue weighted by molar-refractivity contribution is 6.16. The predicted octanol–water partition coefficient (Wildman–Crippen LogP) is 1.77. The van der Waals surface area contributed by atoms with Crippen molar-refractivity contribution in [3.63, 3.8) is 0 Å². The second kappa shape index (κ2) is 5.52. The molecule has 0 aliphatic rings. The molecule has 0 radical (unpaired) electrons. The third kappa shape index (κ3) is 2.38. The third-order valence-corrected chi connectivity index (χ3v) is 3.13. The van der Waals surface area contributed by atoms with E-state index in [0.717, 1.165) is 11.1 Å². The fourth-order valence-corrected chi connectivity index (χ4v) is 2.02. The van der Waals surface area contributed by atoms with Crippen molar-refractivity contribution in [2.75, 3.05) is 12.8 Å². The Hall–Kier alpha value is -2.69. The lowest BCUT2D eigenvalue weighted by atomic mass is 9.98. The van der Waals surface area contributed by atoms with E-state index >= 15 is 0 Å². The number of H-pyrrole nitrogens is 1. The van der Waals surface area contributed by atoms with Gasteiger partial charge in [-0.2, -0.15) is 5.10 Å². The summed E-state index contributed by atoms with van der Waals surface area (Å²) < 4.78 is 0. The van der Waals surface area contributed by atoms with Gasteiger partial charge in [0.2, 0.25) is 0 Å². The fourth-order valence-electron chi connectivity index (χ4n) is 2.02. The van der Waals surface area contributed by atoms with Gasteiger partial charge < -0.3 is 5.73 Å². The smallest absolute Gasteiger partial charge is 0.267 e. The zero-order chi connectivity index (χ0) is 14.7. The molecule has 0 saturated heterocycles. The molecule has 0 fully saturated rings. The standard InChI is InChI=1S/C15H16N4O/c1-4-10-5-7-11(8-6-10)13(17-3)12-9(2)15(20)19-18-14(12)16/h4-8H,1H2,2-3H3,(H2,16,18)(H,19,20). The minimum Gasteiger partial charge on any atom is -0.382 e. The molecule has 1 aromatic carbocycles. The van der Waals surface area contributed by atoms with Crippen LogP contribution in [0.15, 0.2) is 40.6 Å². The van der Waals surface area contributed by atoms with E-state index in [1.165, 1.54) is 0 Å². The van der Waals surface area contributed by atoms with Gasteiger partial charge in [0.15, 0.2) is 5.82 Å². The first kappa shape index (κ1) is 13.7. The Morgan fingerprint density at radius 3 is 2.60 bits per heavy atom. The van der Waals surface area contributed by atoms with Crippen LogP contribution in [0.25, 0.3) is 6.08 Å². The molecule has 1 heterocycles. The minimum absolute atomic E-state index is 0.260. The summed E-state index contributed by atoms with van der Waals surface area (Å²) in [6.45, 7) is 5.42. The highest BCUT2D eigenvalue weighted by atomic mass is 16.1. The Morgan fingerprint density at radius 2 is 2.05 bits per heavy atom. The average Bonchev–Trinajstić information content (AvgIpc) is 2.48. The van der Waals surface area contributed by atoms with Gasteiger partial charge in [-0.15, -0.1) is 0 Å². The van der Waals surface area contributed by atoms with Crippen LogP contribution in [0, 0.1) is 6.92 Å². The van der Waals surface area contributed by atoms with E-state index < -0.39 is 0 Å². The maximum atomic E-state index is 11.7. The lowest BCUT2D eigenvalue weighted by Gasteiger charge is -2.11. The normalized spacial score (nSPS) is 11.4. The van der Waals surface area contributed by atoms with E-state index in [2.05, 4.69) is 21.8 Å². The summed E-state index contributed by atoms with van der Waals surface area (Å²) in [6.07, 6.45) is 1.76. The molecule has 0 saturated carbocycles. The van der Waals surface area contributed by atoms with Crippen LogP contribution in [0.3, 0.4) is 0 Å². The highest BCUT2D eigenvalue weighted by Gasteiger charge is 2.15. The van der Waals surface area contributed by atoms with Gasteiger partial charge in [-0.05, 0) is 12.5 Å². The fraction of sp³-hybridized carbons (Fsp3) is 0.133. The van der Waals surface area contributed by atoms with Crippen molar-refractivity contribution in [2.24, 2.45) is 4.99 Å². The molecule has 0 atom stereocenters. The number of nitrogens with one attached hydrogen (secondary N) is 1. The van der Waals surface area contributed by atoms with Crippen LogP contribution in [0.2, 0.25) is 0 Å². The number of rotatable bonds is 3. The molecule has 102 valence electrons. The molecule has 0 bridgehead atoms. The first-order valence-corrected chi connectivity index (χ1v) is 6.13. The number of aromatic nitrogens is 2. The van der Waals surface area contributed by atoms with Crippen molar-refractivity contribution >= 4 is 17.6 Å². The molecule has 5 heteroatoms. The molecule has 0 aliphatic carbocycles. The lowest BCUT2D eigenvalue weighted by molar-refractivity contribution is 0.974. The number of nitrogen functional groups attached to an aromatic ring is 1. The molecule has 0 spiro atoms. The molecule has 20 heavy (non-hydrogen) atoms. The molecule has 1 aromatic heterocycles. The molecule has 2 aromatic rings. The molecule has 2 rings (SSSR count). The van der Waals surface area contributed by atoms with E-state index in [0.29, 0.717) is 16.8 Å². The van der Waals surface area contributed by atoms with Gasteiger partial charge >= 0.3 is 0 Å². The number of nitrogens with zero attached hydrogens (tertiary/aromatic N) is 2. The van der Waals surface area contributed by atoms with Crippen LogP contribution in [0.4, 0.5) is 5.82 Å². The van der Waals surface area contributed by atoms with Crippen LogP contribution in [-0.4, -0.2) is 23.0 Å². The summed E-state index contributed by atoms with van der Waals surface area (Å²) in [5.41, 5.74) is 9.23. The molecule has 0 amide bonds. The lowest BCUT2D eigenvalue weighted by Crippen LogP contribution is -2.21. The SMILES string of the molecule is C=Cc1ccc(C(=NC)c2c(N)n[nH]c(=O)c2C)cc1. The number of benzene rings is 1. The monoisotopic (exact) mass is 268 g/mol. The van der Waals surface area contributed by atoms with Crippen LogP contribution >= 0.6 is 0 Å². The number of hydrogen-bond donors (Lipinski definition) is 2. The van der Waals surface area contributed by atoms with Crippen LogP contribution in [-0.2, 0) is 0 Å². The molecule has 0 unspecified atom stereocenters. The second-order valence-electron chi connectivity index (χ2n) is 4.34. The molecular formula is C15H16N4O. The molecule has 5 nitrogen and oxygen atoms in total. The zero-order valence-corrected chi connectivity index (χ0v) is 11.5. The Bertz CT molecular complexity index is 727.